The van der Waals surface area contributed by atoms with E-state index in [1.165, 1.54) is 0 Å². The van der Waals surface area contributed by atoms with Crippen molar-refractivity contribution >= 4 is 5.69 Å². The molecule has 1 heterocycles. The molecule has 2 aromatic rings. The lowest BCUT2D eigenvalue weighted by Gasteiger charge is -2.11. The van der Waals surface area contributed by atoms with E-state index in [1.54, 1.807) is 0 Å². The van der Waals surface area contributed by atoms with Crippen LogP contribution in [0.2, 0.25) is 0 Å². The molecule has 0 unspecified atom stereocenters. The van der Waals surface area contributed by atoms with Gasteiger partial charge in [0.1, 0.15) is 5.82 Å². The first-order valence-electron chi connectivity index (χ1n) is 5.23. The Bertz CT molecular complexity index is 642. The molecule has 0 fully saturated rings. The van der Waals surface area contributed by atoms with Crippen LogP contribution in [0.15, 0.2) is 30.5 Å². The van der Waals surface area contributed by atoms with Gasteiger partial charge in [-0.05, 0) is 18.2 Å². The Kier molecular flexibility index (Phi) is 3.47. The molecule has 0 bridgehead atoms. The molecule has 0 atom stereocenters. The predicted molar refractivity (Wildman–Crippen MR) is 60.1 cm³/mol. The summed E-state index contributed by atoms with van der Waals surface area (Å²) in [5.41, 5.74) is 3.89. The predicted octanol–water partition coefficient (Wildman–Crippen LogP) is 3.75. The average molecular weight is 290 g/mol. The number of rotatable bonds is 2. The van der Waals surface area contributed by atoms with Gasteiger partial charge in [-0.2, -0.15) is 13.2 Å². The van der Waals surface area contributed by atoms with Crippen LogP contribution in [0.5, 0.6) is 11.6 Å². The van der Waals surface area contributed by atoms with E-state index >= 15 is 0 Å². The van der Waals surface area contributed by atoms with Gasteiger partial charge in [0, 0.05) is 12.3 Å². The van der Waals surface area contributed by atoms with E-state index in [1.807, 2.05) is 0 Å². The summed E-state index contributed by atoms with van der Waals surface area (Å²) < 4.78 is 68.1. The Labute approximate surface area is 109 Å². The first-order chi connectivity index (χ1) is 9.27. The molecule has 8 heteroatoms. The molecule has 1 aromatic heterocycles. The molecule has 0 saturated carbocycles. The lowest BCUT2D eigenvalue weighted by Crippen LogP contribution is -2.07. The van der Waals surface area contributed by atoms with E-state index in [9.17, 15) is 22.0 Å². The minimum absolute atomic E-state index is 0.398. The number of nitrogen functional groups attached to an aromatic ring is 1. The number of ether oxygens (including phenoxy) is 1. The minimum atomic E-state index is -4.60. The molecule has 0 aliphatic carbocycles. The van der Waals surface area contributed by atoms with Crippen LogP contribution in [-0.4, -0.2) is 4.98 Å². The van der Waals surface area contributed by atoms with Gasteiger partial charge in [-0.25, -0.2) is 13.8 Å². The number of benzene rings is 1. The van der Waals surface area contributed by atoms with Gasteiger partial charge >= 0.3 is 6.18 Å². The zero-order chi connectivity index (χ0) is 14.9. The molecule has 0 spiro atoms. The van der Waals surface area contributed by atoms with Crippen molar-refractivity contribution < 1.29 is 26.7 Å². The molecule has 0 saturated heterocycles. The van der Waals surface area contributed by atoms with Crippen molar-refractivity contribution in [2.24, 2.45) is 0 Å². The maximum absolute atomic E-state index is 13.3. The monoisotopic (exact) mass is 290 g/mol. The Morgan fingerprint density at radius 2 is 1.80 bits per heavy atom. The summed E-state index contributed by atoms with van der Waals surface area (Å²) in [6.45, 7) is 0. The van der Waals surface area contributed by atoms with Crippen LogP contribution in [0.1, 0.15) is 5.56 Å². The smallest absolute Gasteiger partial charge is 0.417 e. The highest BCUT2D eigenvalue weighted by molar-refractivity contribution is 5.51. The van der Waals surface area contributed by atoms with Crippen molar-refractivity contribution in [3.8, 4) is 11.6 Å². The molecule has 0 aliphatic heterocycles. The molecule has 0 aliphatic rings. The molecule has 20 heavy (non-hydrogen) atoms. The van der Waals surface area contributed by atoms with Crippen molar-refractivity contribution in [3.05, 3.63) is 47.7 Å². The molecule has 3 nitrogen and oxygen atoms in total. The van der Waals surface area contributed by atoms with E-state index in [2.05, 4.69) is 4.98 Å². The topological polar surface area (TPSA) is 48.1 Å². The van der Waals surface area contributed by atoms with Crippen LogP contribution >= 0.6 is 0 Å². The standard InChI is InChI=1S/C12H7F5N2O/c13-7-1-2-10(8(14)4-7)20-11-9(18)3-6(5-19-11)12(15,16)17/h1-5H,18H2. The zero-order valence-corrected chi connectivity index (χ0v) is 9.71. The third-order valence-electron chi connectivity index (χ3n) is 2.31. The zero-order valence-electron chi connectivity index (χ0n) is 9.71. The maximum atomic E-state index is 13.3. The molecule has 106 valence electrons. The highest BCUT2D eigenvalue weighted by atomic mass is 19.4. The molecule has 0 amide bonds. The third-order valence-corrected chi connectivity index (χ3v) is 2.31. The van der Waals surface area contributed by atoms with Crippen molar-refractivity contribution in [2.75, 3.05) is 5.73 Å². The summed E-state index contributed by atoms with van der Waals surface area (Å²) in [6, 6.07) is 3.08. The summed E-state index contributed by atoms with van der Waals surface area (Å²) in [7, 11) is 0. The molecule has 2 rings (SSSR count). The van der Waals surface area contributed by atoms with Gasteiger partial charge < -0.3 is 10.5 Å². The van der Waals surface area contributed by atoms with E-state index in [0.29, 0.717) is 18.3 Å². The number of halogens is 5. The second kappa shape index (κ2) is 4.95. The first-order valence-corrected chi connectivity index (χ1v) is 5.23. The van der Waals surface area contributed by atoms with Gasteiger partial charge in [0.15, 0.2) is 11.6 Å². The van der Waals surface area contributed by atoms with Crippen LogP contribution in [0.25, 0.3) is 0 Å². The second-order valence-electron chi connectivity index (χ2n) is 3.79. The molecule has 1 aromatic carbocycles. The van der Waals surface area contributed by atoms with Gasteiger partial charge in [0.05, 0.1) is 11.3 Å². The van der Waals surface area contributed by atoms with Crippen molar-refractivity contribution in [2.45, 2.75) is 6.18 Å². The summed E-state index contributed by atoms with van der Waals surface area (Å²) in [6.07, 6.45) is -4.09. The normalized spacial score (nSPS) is 11.4. The van der Waals surface area contributed by atoms with Crippen LogP contribution in [-0.2, 0) is 6.18 Å². The van der Waals surface area contributed by atoms with Crippen LogP contribution in [0.3, 0.4) is 0 Å². The van der Waals surface area contributed by atoms with Gasteiger partial charge in [0.2, 0.25) is 5.88 Å². The van der Waals surface area contributed by atoms with Crippen LogP contribution in [0.4, 0.5) is 27.6 Å². The number of hydrogen-bond donors (Lipinski definition) is 1. The number of aromatic nitrogens is 1. The average Bonchev–Trinajstić information content (AvgIpc) is 2.33. The molecular formula is C12H7F5N2O. The lowest BCUT2D eigenvalue weighted by atomic mass is 10.2. The maximum Gasteiger partial charge on any atom is 0.417 e. The Morgan fingerprint density at radius 1 is 1.10 bits per heavy atom. The highest BCUT2D eigenvalue weighted by Gasteiger charge is 2.31. The first kappa shape index (κ1) is 14.0. The quantitative estimate of drug-likeness (QED) is 0.857. The van der Waals surface area contributed by atoms with E-state index in [-0.39, 0.29) is 0 Å². The fourth-order valence-corrected chi connectivity index (χ4v) is 1.37. The van der Waals surface area contributed by atoms with Crippen LogP contribution < -0.4 is 10.5 Å². The Morgan fingerprint density at radius 3 is 2.35 bits per heavy atom. The second-order valence-corrected chi connectivity index (χ2v) is 3.79. The summed E-state index contributed by atoms with van der Waals surface area (Å²) >= 11 is 0. The number of nitrogens with two attached hydrogens (primary N) is 1. The molecule has 2 N–H and O–H groups in total. The van der Waals surface area contributed by atoms with E-state index in [4.69, 9.17) is 10.5 Å². The number of anilines is 1. The van der Waals surface area contributed by atoms with Crippen molar-refractivity contribution in [1.29, 1.82) is 0 Å². The van der Waals surface area contributed by atoms with E-state index in [0.717, 1.165) is 12.1 Å². The Hall–Kier alpha value is -2.38. The van der Waals surface area contributed by atoms with Gasteiger partial charge in [-0.1, -0.05) is 0 Å². The summed E-state index contributed by atoms with van der Waals surface area (Å²) in [5, 5.41) is 0. The van der Waals surface area contributed by atoms with Crippen molar-refractivity contribution in [1.82, 2.24) is 4.98 Å². The number of nitrogens with zero attached hydrogens (tertiary/aromatic N) is 1. The summed E-state index contributed by atoms with van der Waals surface area (Å²) in [4.78, 5) is 3.38. The largest absolute Gasteiger partial charge is 0.434 e. The van der Waals surface area contributed by atoms with Crippen molar-refractivity contribution in [3.63, 3.8) is 0 Å². The van der Waals surface area contributed by atoms with Gasteiger partial charge in [-0.15, -0.1) is 0 Å². The van der Waals surface area contributed by atoms with Crippen LogP contribution in [0, 0.1) is 11.6 Å². The van der Waals surface area contributed by atoms with E-state index < -0.39 is 40.7 Å². The fourth-order valence-electron chi connectivity index (χ4n) is 1.37. The van der Waals surface area contributed by atoms with Gasteiger partial charge in [0.25, 0.3) is 0 Å². The number of hydrogen-bond acceptors (Lipinski definition) is 3. The third kappa shape index (κ3) is 2.95. The summed E-state index contributed by atoms with van der Waals surface area (Å²) in [5.74, 6) is -2.64. The molecule has 0 radical (unpaired) electrons. The number of pyridine rings is 1. The molecular weight excluding hydrogens is 283 g/mol. The number of alkyl halides is 3. The fraction of sp³-hybridized carbons (Fsp3) is 0.0833. The minimum Gasteiger partial charge on any atom is -0.434 e. The Balaban J connectivity index is 2.30. The SMILES string of the molecule is Nc1cc(C(F)(F)F)cnc1Oc1ccc(F)cc1F. The highest BCUT2D eigenvalue weighted by Crippen LogP contribution is 2.34. The van der Waals surface area contributed by atoms with Gasteiger partial charge in [-0.3, -0.25) is 0 Å². The lowest BCUT2D eigenvalue weighted by molar-refractivity contribution is -0.137.